The monoisotopic (exact) mass is 183 g/mol. The predicted molar refractivity (Wildman–Crippen MR) is 46.0 cm³/mol. The van der Waals surface area contributed by atoms with E-state index in [2.05, 4.69) is 0 Å². The molecule has 1 rings (SSSR count). The fourth-order valence-electron chi connectivity index (χ4n) is 1.46. The topological polar surface area (TPSA) is 54.5 Å². The van der Waals surface area contributed by atoms with Crippen LogP contribution >= 0.6 is 0 Å². The molecule has 0 aromatic heterocycles. The first-order valence-corrected chi connectivity index (χ1v) is 4.12. The third-order valence-corrected chi connectivity index (χ3v) is 2.69. The number of likely N-dealkylation sites (tertiary alicyclic amines) is 1. The van der Waals surface area contributed by atoms with Gasteiger partial charge in [-0.15, -0.1) is 0 Å². The molecular weight excluding hydrogens is 170 g/mol. The van der Waals surface area contributed by atoms with Crippen LogP contribution in [0.5, 0.6) is 0 Å². The van der Waals surface area contributed by atoms with E-state index in [0.29, 0.717) is 0 Å². The fraction of sp³-hybridized carbons (Fsp3) is 0.667. The van der Waals surface area contributed by atoms with Crippen molar-refractivity contribution in [2.45, 2.75) is 26.3 Å². The van der Waals surface area contributed by atoms with Crippen molar-refractivity contribution in [2.24, 2.45) is 5.92 Å². The number of hydrogen-bond acceptors (Lipinski definition) is 3. The second-order valence-electron chi connectivity index (χ2n) is 3.86. The minimum atomic E-state index is -1.07. The Labute approximate surface area is 76.9 Å². The molecule has 1 aliphatic heterocycles. The van der Waals surface area contributed by atoms with Crippen molar-refractivity contribution in [1.29, 1.82) is 0 Å². The second kappa shape index (κ2) is 2.65. The van der Waals surface area contributed by atoms with Crippen LogP contribution in [0.4, 0.5) is 0 Å². The molecule has 0 N–H and O–H groups in total. The van der Waals surface area contributed by atoms with Gasteiger partial charge in [-0.3, -0.25) is 14.4 Å². The zero-order chi connectivity index (χ0) is 10.4. The lowest BCUT2D eigenvalue weighted by Gasteiger charge is -2.25. The summed E-state index contributed by atoms with van der Waals surface area (Å²) in [5.74, 6) is -2.12. The van der Waals surface area contributed by atoms with Crippen LogP contribution < -0.4 is 0 Å². The Bertz CT molecular complexity index is 293. The summed E-state index contributed by atoms with van der Waals surface area (Å²) in [6.45, 7) is 4.57. The first-order chi connectivity index (χ1) is 5.80. The van der Waals surface area contributed by atoms with Gasteiger partial charge in [0, 0.05) is 7.05 Å². The van der Waals surface area contributed by atoms with Crippen molar-refractivity contribution in [3.8, 4) is 0 Å². The van der Waals surface area contributed by atoms with Crippen molar-refractivity contribution in [1.82, 2.24) is 4.90 Å². The average Bonchev–Trinajstić information content (AvgIpc) is 2.14. The summed E-state index contributed by atoms with van der Waals surface area (Å²) in [6.07, 6.45) is 0. The molecule has 72 valence electrons. The number of amides is 1. The van der Waals surface area contributed by atoms with Crippen LogP contribution in [0, 0.1) is 5.92 Å². The molecule has 4 nitrogen and oxygen atoms in total. The molecule has 1 heterocycles. The summed E-state index contributed by atoms with van der Waals surface area (Å²) < 4.78 is 0. The highest BCUT2D eigenvalue weighted by Crippen LogP contribution is 2.29. The van der Waals surface area contributed by atoms with Crippen LogP contribution in [0.1, 0.15) is 20.8 Å². The largest absolute Gasteiger partial charge is 0.333 e. The third-order valence-electron chi connectivity index (χ3n) is 2.69. The van der Waals surface area contributed by atoms with E-state index in [-0.39, 0.29) is 17.5 Å². The summed E-state index contributed by atoms with van der Waals surface area (Å²) in [7, 11) is 1.54. The summed E-state index contributed by atoms with van der Waals surface area (Å²) in [5.41, 5.74) is -0.840. The average molecular weight is 183 g/mol. The summed E-state index contributed by atoms with van der Waals surface area (Å²) in [6, 6.07) is 0. The lowest BCUT2D eigenvalue weighted by molar-refractivity contribution is -0.137. The summed E-state index contributed by atoms with van der Waals surface area (Å²) >= 11 is 0. The molecule has 0 spiro atoms. The van der Waals surface area contributed by atoms with E-state index in [4.69, 9.17) is 0 Å². The van der Waals surface area contributed by atoms with E-state index < -0.39 is 11.5 Å². The smallest absolute Gasteiger partial charge is 0.241 e. The van der Waals surface area contributed by atoms with Gasteiger partial charge < -0.3 is 4.90 Å². The standard InChI is InChI=1S/C9H13NO3/c1-5(11)6-7(12)9(2,3)10(4)8(6)13/h6H,1-4H3. The van der Waals surface area contributed by atoms with E-state index in [1.54, 1.807) is 20.9 Å². The number of carbonyl (C=O) groups is 3. The normalized spacial score (nSPS) is 26.8. The molecule has 1 fully saturated rings. The second-order valence-corrected chi connectivity index (χ2v) is 3.86. The Morgan fingerprint density at radius 1 is 1.38 bits per heavy atom. The SMILES string of the molecule is CC(=O)C1C(=O)N(C)C(C)(C)C1=O. The minimum absolute atomic E-state index is 0.299. The van der Waals surface area contributed by atoms with Gasteiger partial charge in [0.1, 0.15) is 5.78 Å². The number of ketones is 2. The predicted octanol–water partition coefficient (Wildman–Crippen LogP) is 0.0113. The third kappa shape index (κ3) is 1.17. The number of likely N-dealkylation sites (N-methyl/N-ethyl adjacent to an activating group) is 1. The molecule has 1 amide bonds. The van der Waals surface area contributed by atoms with Crippen molar-refractivity contribution < 1.29 is 14.4 Å². The molecule has 0 aliphatic carbocycles. The lowest BCUT2D eigenvalue weighted by atomic mass is 9.92. The maximum atomic E-state index is 11.6. The molecule has 13 heavy (non-hydrogen) atoms. The van der Waals surface area contributed by atoms with Crippen LogP contribution in [0.3, 0.4) is 0 Å². The van der Waals surface area contributed by atoms with Crippen LogP contribution in [-0.2, 0) is 14.4 Å². The van der Waals surface area contributed by atoms with Gasteiger partial charge in [0.25, 0.3) is 0 Å². The molecule has 1 aliphatic rings. The first kappa shape index (κ1) is 9.89. The lowest BCUT2D eigenvalue weighted by Crippen LogP contribution is -2.41. The Kier molecular flexibility index (Phi) is 2.02. The maximum absolute atomic E-state index is 11.6. The maximum Gasteiger partial charge on any atom is 0.241 e. The molecule has 1 unspecified atom stereocenters. The van der Waals surface area contributed by atoms with Gasteiger partial charge in [-0.25, -0.2) is 0 Å². The first-order valence-electron chi connectivity index (χ1n) is 4.12. The molecular formula is C9H13NO3. The van der Waals surface area contributed by atoms with Gasteiger partial charge in [0.2, 0.25) is 5.91 Å². The zero-order valence-electron chi connectivity index (χ0n) is 8.25. The van der Waals surface area contributed by atoms with Gasteiger partial charge in [-0.2, -0.15) is 0 Å². The molecule has 0 aromatic carbocycles. The van der Waals surface area contributed by atoms with Gasteiger partial charge in [-0.1, -0.05) is 0 Å². The highest BCUT2D eigenvalue weighted by Gasteiger charge is 2.52. The van der Waals surface area contributed by atoms with Crippen LogP contribution in [0.25, 0.3) is 0 Å². The van der Waals surface area contributed by atoms with Crippen molar-refractivity contribution in [2.75, 3.05) is 7.05 Å². The quantitative estimate of drug-likeness (QED) is 0.538. The Morgan fingerprint density at radius 2 is 1.85 bits per heavy atom. The highest BCUT2D eigenvalue weighted by atomic mass is 16.2. The van der Waals surface area contributed by atoms with E-state index in [1.165, 1.54) is 11.8 Å². The van der Waals surface area contributed by atoms with Crippen LogP contribution in [0.15, 0.2) is 0 Å². The van der Waals surface area contributed by atoms with E-state index >= 15 is 0 Å². The Balaban J connectivity index is 3.14. The van der Waals surface area contributed by atoms with E-state index in [9.17, 15) is 14.4 Å². The molecule has 0 aromatic rings. The Morgan fingerprint density at radius 3 is 2.00 bits per heavy atom. The van der Waals surface area contributed by atoms with Crippen molar-refractivity contribution >= 4 is 17.5 Å². The number of nitrogens with zero attached hydrogens (tertiary/aromatic N) is 1. The summed E-state index contributed by atoms with van der Waals surface area (Å²) in [4.78, 5) is 35.4. The minimum Gasteiger partial charge on any atom is -0.333 e. The molecule has 0 radical (unpaired) electrons. The zero-order valence-corrected chi connectivity index (χ0v) is 8.25. The van der Waals surface area contributed by atoms with Gasteiger partial charge in [-0.05, 0) is 20.8 Å². The van der Waals surface area contributed by atoms with Gasteiger partial charge >= 0.3 is 0 Å². The summed E-state index contributed by atoms with van der Waals surface area (Å²) in [5, 5.41) is 0. The number of carbonyl (C=O) groups excluding carboxylic acids is 3. The fourth-order valence-corrected chi connectivity index (χ4v) is 1.46. The van der Waals surface area contributed by atoms with Crippen molar-refractivity contribution in [3.63, 3.8) is 0 Å². The highest BCUT2D eigenvalue weighted by molar-refractivity contribution is 6.25. The van der Waals surface area contributed by atoms with Crippen LogP contribution in [0.2, 0.25) is 0 Å². The van der Waals surface area contributed by atoms with Gasteiger partial charge in [0.15, 0.2) is 11.7 Å². The van der Waals surface area contributed by atoms with Crippen molar-refractivity contribution in [3.05, 3.63) is 0 Å². The Hall–Kier alpha value is -1.19. The van der Waals surface area contributed by atoms with E-state index in [1.807, 2.05) is 0 Å². The molecule has 1 saturated heterocycles. The van der Waals surface area contributed by atoms with Gasteiger partial charge in [0.05, 0.1) is 5.54 Å². The van der Waals surface area contributed by atoms with Crippen LogP contribution in [-0.4, -0.2) is 35.0 Å². The van der Waals surface area contributed by atoms with E-state index in [0.717, 1.165) is 0 Å². The number of rotatable bonds is 1. The molecule has 0 saturated carbocycles. The number of hydrogen-bond donors (Lipinski definition) is 0. The number of Topliss-reactive ketones (excluding diaryl/α,β-unsaturated/α-hetero) is 2. The molecule has 4 heteroatoms. The molecule has 1 atom stereocenters. The molecule has 0 bridgehead atoms.